The molecule has 2 heteroatoms. The van der Waals surface area contributed by atoms with Crippen molar-refractivity contribution in [3.8, 4) is 0 Å². The molecule has 0 saturated carbocycles. The number of halogens is 1. The fraction of sp³-hybridized carbons (Fsp3) is 0.400. The zero-order chi connectivity index (χ0) is 8.55. The van der Waals surface area contributed by atoms with E-state index in [2.05, 4.69) is 6.07 Å². The highest BCUT2D eigenvalue weighted by atomic mass is 35.5. The van der Waals surface area contributed by atoms with Gasteiger partial charge in [0.2, 0.25) is 0 Å². The molecule has 0 N–H and O–H groups in total. The first-order valence-electron chi connectivity index (χ1n) is 4.09. The van der Waals surface area contributed by atoms with Gasteiger partial charge < -0.3 is 4.74 Å². The maximum atomic E-state index is 5.87. The molecular weight excluding hydrogens is 172 g/mol. The maximum Gasteiger partial charge on any atom is 0.0652 e. The summed E-state index contributed by atoms with van der Waals surface area (Å²) >= 11 is 5.87. The van der Waals surface area contributed by atoms with E-state index in [1.807, 2.05) is 12.1 Å². The summed E-state index contributed by atoms with van der Waals surface area (Å²) in [5, 5.41) is 0.825. The maximum absolute atomic E-state index is 5.87. The number of benzene rings is 1. The Bertz CT molecular complexity index is 296. The Kier molecular flexibility index (Phi) is 2.07. The fourth-order valence-corrected chi connectivity index (χ4v) is 1.91. The van der Waals surface area contributed by atoms with Crippen molar-refractivity contribution in [2.24, 2.45) is 0 Å². The standard InChI is InChI=1S/C10H11ClO/c1-12-10-5-7-2-3-9(11)4-8(7)6-10/h2-4,10H,5-6H2,1H3. The van der Waals surface area contributed by atoms with E-state index in [0.717, 1.165) is 17.9 Å². The van der Waals surface area contributed by atoms with Gasteiger partial charge in [-0.25, -0.2) is 0 Å². The van der Waals surface area contributed by atoms with Crippen molar-refractivity contribution in [3.63, 3.8) is 0 Å². The van der Waals surface area contributed by atoms with E-state index in [9.17, 15) is 0 Å². The van der Waals surface area contributed by atoms with Crippen LogP contribution >= 0.6 is 11.6 Å². The van der Waals surface area contributed by atoms with Crippen molar-refractivity contribution in [2.45, 2.75) is 18.9 Å². The average molecular weight is 183 g/mol. The summed E-state index contributed by atoms with van der Waals surface area (Å²) in [5.41, 5.74) is 2.72. The number of ether oxygens (including phenoxy) is 1. The quantitative estimate of drug-likeness (QED) is 0.649. The lowest BCUT2D eigenvalue weighted by atomic mass is 10.1. The highest BCUT2D eigenvalue weighted by Crippen LogP contribution is 2.26. The Labute approximate surface area is 77.3 Å². The molecule has 1 aromatic rings. The van der Waals surface area contributed by atoms with E-state index in [-0.39, 0.29) is 0 Å². The molecule has 0 radical (unpaired) electrons. The summed E-state index contributed by atoms with van der Waals surface area (Å²) < 4.78 is 5.29. The van der Waals surface area contributed by atoms with Crippen LogP contribution < -0.4 is 0 Å². The lowest BCUT2D eigenvalue weighted by molar-refractivity contribution is 0.112. The highest BCUT2D eigenvalue weighted by Gasteiger charge is 2.20. The second-order valence-electron chi connectivity index (χ2n) is 3.18. The van der Waals surface area contributed by atoms with Gasteiger partial charge in [-0.3, -0.25) is 0 Å². The number of hydrogen-bond donors (Lipinski definition) is 0. The average Bonchev–Trinajstić information content (AvgIpc) is 2.46. The van der Waals surface area contributed by atoms with Crippen LogP contribution in [0.15, 0.2) is 18.2 Å². The largest absolute Gasteiger partial charge is 0.381 e. The molecule has 1 aliphatic carbocycles. The highest BCUT2D eigenvalue weighted by molar-refractivity contribution is 6.30. The minimum atomic E-state index is 0.360. The van der Waals surface area contributed by atoms with Crippen LogP contribution in [0.4, 0.5) is 0 Å². The molecule has 0 amide bonds. The molecular formula is C10H11ClO. The van der Waals surface area contributed by atoms with Gasteiger partial charge in [-0.1, -0.05) is 17.7 Å². The predicted molar refractivity (Wildman–Crippen MR) is 49.7 cm³/mol. The van der Waals surface area contributed by atoms with Gasteiger partial charge in [0.1, 0.15) is 0 Å². The Morgan fingerprint density at radius 1 is 1.33 bits per heavy atom. The molecule has 1 atom stereocenters. The van der Waals surface area contributed by atoms with Crippen LogP contribution in [-0.2, 0) is 17.6 Å². The number of methoxy groups -OCH3 is 1. The Morgan fingerprint density at radius 2 is 2.08 bits per heavy atom. The van der Waals surface area contributed by atoms with E-state index in [1.54, 1.807) is 7.11 Å². The van der Waals surface area contributed by atoms with Crippen LogP contribution in [0.3, 0.4) is 0 Å². The zero-order valence-corrected chi connectivity index (χ0v) is 7.77. The van der Waals surface area contributed by atoms with Crippen LogP contribution in [0.25, 0.3) is 0 Å². The molecule has 64 valence electrons. The zero-order valence-electron chi connectivity index (χ0n) is 7.01. The SMILES string of the molecule is COC1Cc2ccc(Cl)cc2C1. The number of hydrogen-bond acceptors (Lipinski definition) is 1. The van der Waals surface area contributed by atoms with Crippen molar-refractivity contribution in [2.75, 3.05) is 7.11 Å². The third kappa shape index (κ3) is 1.35. The molecule has 0 fully saturated rings. The van der Waals surface area contributed by atoms with Crippen LogP contribution in [0.5, 0.6) is 0 Å². The third-order valence-corrected chi connectivity index (χ3v) is 2.63. The first-order valence-corrected chi connectivity index (χ1v) is 4.47. The van der Waals surface area contributed by atoms with Crippen molar-refractivity contribution in [1.82, 2.24) is 0 Å². The Hall–Kier alpha value is -0.530. The van der Waals surface area contributed by atoms with E-state index in [1.165, 1.54) is 11.1 Å². The minimum Gasteiger partial charge on any atom is -0.381 e. The summed E-state index contributed by atoms with van der Waals surface area (Å²) in [4.78, 5) is 0. The minimum absolute atomic E-state index is 0.360. The molecule has 1 nitrogen and oxygen atoms in total. The smallest absolute Gasteiger partial charge is 0.0652 e. The first-order chi connectivity index (χ1) is 5.79. The molecule has 1 aliphatic rings. The summed E-state index contributed by atoms with van der Waals surface area (Å²) in [6, 6.07) is 6.07. The van der Waals surface area contributed by atoms with Crippen molar-refractivity contribution < 1.29 is 4.74 Å². The van der Waals surface area contributed by atoms with Gasteiger partial charge >= 0.3 is 0 Å². The van der Waals surface area contributed by atoms with E-state index in [4.69, 9.17) is 16.3 Å². The molecule has 0 aromatic heterocycles. The van der Waals surface area contributed by atoms with Crippen LogP contribution in [-0.4, -0.2) is 13.2 Å². The number of fused-ring (bicyclic) bond motifs is 1. The molecule has 1 unspecified atom stereocenters. The summed E-state index contributed by atoms with van der Waals surface area (Å²) in [7, 11) is 1.76. The number of rotatable bonds is 1. The normalized spacial score (nSPS) is 21.0. The monoisotopic (exact) mass is 182 g/mol. The first kappa shape index (κ1) is 8.09. The van der Waals surface area contributed by atoms with Gasteiger partial charge in [-0.05, 0) is 36.1 Å². The second-order valence-corrected chi connectivity index (χ2v) is 3.62. The van der Waals surface area contributed by atoms with Gasteiger partial charge in [0.25, 0.3) is 0 Å². The van der Waals surface area contributed by atoms with Gasteiger partial charge in [0.05, 0.1) is 6.10 Å². The molecule has 0 aliphatic heterocycles. The van der Waals surface area contributed by atoms with Crippen molar-refractivity contribution in [3.05, 3.63) is 34.3 Å². The van der Waals surface area contributed by atoms with E-state index < -0.39 is 0 Å². The van der Waals surface area contributed by atoms with E-state index in [0.29, 0.717) is 6.10 Å². The summed E-state index contributed by atoms with van der Waals surface area (Å²) in [6.45, 7) is 0. The van der Waals surface area contributed by atoms with Crippen molar-refractivity contribution in [1.29, 1.82) is 0 Å². The van der Waals surface area contributed by atoms with Crippen LogP contribution in [0.2, 0.25) is 5.02 Å². The van der Waals surface area contributed by atoms with Crippen molar-refractivity contribution >= 4 is 11.6 Å². The molecule has 0 spiro atoms. The van der Waals surface area contributed by atoms with E-state index >= 15 is 0 Å². The summed E-state index contributed by atoms with van der Waals surface area (Å²) in [6.07, 6.45) is 2.40. The van der Waals surface area contributed by atoms with Gasteiger partial charge in [0, 0.05) is 12.1 Å². The lowest BCUT2D eigenvalue weighted by Gasteiger charge is -2.03. The molecule has 2 rings (SSSR count). The third-order valence-electron chi connectivity index (χ3n) is 2.40. The van der Waals surface area contributed by atoms with Gasteiger partial charge in [0.15, 0.2) is 0 Å². The van der Waals surface area contributed by atoms with Crippen LogP contribution in [0, 0.1) is 0 Å². The predicted octanol–water partition coefficient (Wildman–Crippen LogP) is 2.45. The van der Waals surface area contributed by atoms with Gasteiger partial charge in [-0.2, -0.15) is 0 Å². The molecule has 0 bridgehead atoms. The molecule has 0 heterocycles. The lowest BCUT2D eigenvalue weighted by Crippen LogP contribution is -2.08. The Balaban J connectivity index is 2.30. The van der Waals surface area contributed by atoms with Gasteiger partial charge in [-0.15, -0.1) is 0 Å². The topological polar surface area (TPSA) is 9.23 Å². The fourth-order valence-electron chi connectivity index (χ4n) is 1.71. The molecule has 0 saturated heterocycles. The molecule has 12 heavy (non-hydrogen) atoms. The molecule has 1 aromatic carbocycles. The summed E-state index contributed by atoms with van der Waals surface area (Å²) in [5.74, 6) is 0. The Morgan fingerprint density at radius 3 is 2.83 bits per heavy atom. The van der Waals surface area contributed by atoms with Crippen LogP contribution in [0.1, 0.15) is 11.1 Å². The second kappa shape index (κ2) is 3.08.